The lowest BCUT2D eigenvalue weighted by Gasteiger charge is -2.03. The van der Waals surface area contributed by atoms with Crippen LogP contribution in [0.4, 0.5) is 0 Å². The van der Waals surface area contributed by atoms with E-state index in [1.165, 1.54) is 12.8 Å². The number of aromatic nitrogens is 4. The van der Waals surface area contributed by atoms with Crippen LogP contribution in [0.25, 0.3) is 11.6 Å². The van der Waals surface area contributed by atoms with Crippen molar-refractivity contribution in [3.05, 3.63) is 24.4 Å². The number of unbranched alkanes of at least 4 members (excludes halogenated alkanes) is 1. The Hall–Kier alpha value is -1.78. The van der Waals surface area contributed by atoms with Gasteiger partial charge in [-0.1, -0.05) is 31.8 Å². The van der Waals surface area contributed by atoms with Crippen molar-refractivity contribution in [2.75, 3.05) is 0 Å². The van der Waals surface area contributed by atoms with Gasteiger partial charge in [-0.3, -0.25) is 0 Å². The van der Waals surface area contributed by atoms with Gasteiger partial charge in [-0.2, -0.15) is 4.98 Å². The summed E-state index contributed by atoms with van der Waals surface area (Å²) < 4.78 is 5.24. The van der Waals surface area contributed by atoms with Crippen molar-refractivity contribution in [3.8, 4) is 11.6 Å². The molecule has 1 unspecified atom stereocenters. The highest BCUT2D eigenvalue weighted by Gasteiger charge is 2.15. The Labute approximate surface area is 100 Å². The van der Waals surface area contributed by atoms with Crippen LogP contribution in [0.2, 0.25) is 0 Å². The number of hydrogen-bond acceptors (Lipinski definition) is 5. The van der Waals surface area contributed by atoms with Gasteiger partial charge in [0.25, 0.3) is 0 Å². The predicted octanol–water partition coefficient (Wildman–Crippen LogP) is 2.82. The summed E-state index contributed by atoms with van der Waals surface area (Å²) in [6.07, 6.45) is 6.74. The second kappa shape index (κ2) is 5.52. The average Bonchev–Trinajstić information content (AvgIpc) is 2.86. The fourth-order valence-corrected chi connectivity index (χ4v) is 1.57. The molecule has 0 aliphatic heterocycles. The van der Waals surface area contributed by atoms with Gasteiger partial charge in [0.1, 0.15) is 0 Å². The molecule has 0 fully saturated rings. The topological polar surface area (TPSA) is 64.7 Å². The smallest absolute Gasteiger partial charge is 0.240 e. The zero-order chi connectivity index (χ0) is 12.1. The zero-order valence-electron chi connectivity index (χ0n) is 10.1. The molecule has 0 bridgehead atoms. The fraction of sp³-hybridized carbons (Fsp3) is 0.500. The van der Waals surface area contributed by atoms with Gasteiger partial charge in [0.2, 0.25) is 17.5 Å². The third-order valence-electron chi connectivity index (χ3n) is 2.62. The van der Waals surface area contributed by atoms with Gasteiger partial charge >= 0.3 is 0 Å². The summed E-state index contributed by atoms with van der Waals surface area (Å²) in [5, 5.41) is 3.90. The normalized spacial score (nSPS) is 12.6. The van der Waals surface area contributed by atoms with Crippen molar-refractivity contribution in [2.45, 2.75) is 39.0 Å². The molecule has 0 aromatic carbocycles. The van der Waals surface area contributed by atoms with E-state index in [0.29, 0.717) is 23.5 Å². The maximum Gasteiger partial charge on any atom is 0.240 e. The van der Waals surface area contributed by atoms with Crippen molar-refractivity contribution in [2.24, 2.45) is 0 Å². The van der Waals surface area contributed by atoms with Crippen molar-refractivity contribution in [1.29, 1.82) is 0 Å². The van der Waals surface area contributed by atoms with Crippen molar-refractivity contribution < 1.29 is 4.52 Å². The van der Waals surface area contributed by atoms with Crippen LogP contribution < -0.4 is 0 Å². The fourth-order valence-electron chi connectivity index (χ4n) is 1.57. The Kier molecular flexibility index (Phi) is 3.80. The molecule has 0 radical (unpaired) electrons. The van der Waals surface area contributed by atoms with E-state index >= 15 is 0 Å². The number of rotatable bonds is 5. The maximum atomic E-state index is 5.24. The third-order valence-corrected chi connectivity index (χ3v) is 2.62. The van der Waals surface area contributed by atoms with Crippen molar-refractivity contribution in [3.63, 3.8) is 0 Å². The molecule has 0 N–H and O–H groups in total. The average molecular weight is 232 g/mol. The first-order valence-electron chi connectivity index (χ1n) is 5.92. The molecule has 17 heavy (non-hydrogen) atoms. The molecule has 5 nitrogen and oxygen atoms in total. The molecule has 0 spiro atoms. The minimum Gasteiger partial charge on any atom is -0.339 e. The van der Waals surface area contributed by atoms with Crippen LogP contribution in [-0.4, -0.2) is 20.1 Å². The summed E-state index contributed by atoms with van der Waals surface area (Å²) >= 11 is 0. The van der Waals surface area contributed by atoms with Gasteiger partial charge in [0.05, 0.1) is 0 Å². The first-order chi connectivity index (χ1) is 8.31. The Bertz CT molecular complexity index is 455. The first-order valence-corrected chi connectivity index (χ1v) is 5.92. The molecule has 0 aliphatic carbocycles. The highest BCUT2D eigenvalue weighted by molar-refractivity contribution is 5.40. The molecule has 2 heterocycles. The van der Waals surface area contributed by atoms with Crippen LogP contribution in [0.15, 0.2) is 23.0 Å². The molecule has 0 aliphatic rings. The van der Waals surface area contributed by atoms with Crippen molar-refractivity contribution in [1.82, 2.24) is 20.1 Å². The minimum absolute atomic E-state index is 0.292. The zero-order valence-corrected chi connectivity index (χ0v) is 10.1. The van der Waals surface area contributed by atoms with Crippen LogP contribution in [0, 0.1) is 0 Å². The lowest BCUT2D eigenvalue weighted by Crippen LogP contribution is -1.94. The molecule has 2 aromatic heterocycles. The highest BCUT2D eigenvalue weighted by Crippen LogP contribution is 2.21. The van der Waals surface area contributed by atoms with E-state index in [-0.39, 0.29) is 0 Å². The molecule has 5 heteroatoms. The molecule has 2 aromatic rings. The second-order valence-corrected chi connectivity index (χ2v) is 4.07. The van der Waals surface area contributed by atoms with E-state index in [4.69, 9.17) is 4.52 Å². The Morgan fingerprint density at radius 3 is 2.71 bits per heavy atom. The van der Waals surface area contributed by atoms with E-state index in [2.05, 4.69) is 34.0 Å². The predicted molar refractivity (Wildman–Crippen MR) is 63.3 cm³/mol. The number of hydrogen-bond donors (Lipinski definition) is 0. The SMILES string of the molecule is CCCCC(C)c1nc(-c2ncccn2)no1. The van der Waals surface area contributed by atoms with Gasteiger partial charge in [-0.25, -0.2) is 9.97 Å². The molecule has 0 saturated heterocycles. The van der Waals surface area contributed by atoms with Crippen LogP contribution >= 0.6 is 0 Å². The molecule has 90 valence electrons. The number of nitrogens with zero attached hydrogens (tertiary/aromatic N) is 4. The van der Waals surface area contributed by atoms with E-state index in [0.717, 1.165) is 6.42 Å². The van der Waals surface area contributed by atoms with E-state index in [1.807, 2.05) is 0 Å². The summed E-state index contributed by atoms with van der Waals surface area (Å²) in [4.78, 5) is 12.5. The van der Waals surface area contributed by atoms with E-state index in [9.17, 15) is 0 Å². The quantitative estimate of drug-likeness (QED) is 0.793. The molecular weight excluding hydrogens is 216 g/mol. The van der Waals surface area contributed by atoms with E-state index in [1.54, 1.807) is 18.5 Å². The largest absolute Gasteiger partial charge is 0.339 e. The van der Waals surface area contributed by atoms with Gasteiger partial charge in [0, 0.05) is 18.3 Å². The Morgan fingerprint density at radius 2 is 2.00 bits per heavy atom. The van der Waals surface area contributed by atoms with Crippen LogP contribution in [-0.2, 0) is 0 Å². The highest BCUT2D eigenvalue weighted by atomic mass is 16.5. The third kappa shape index (κ3) is 2.87. The summed E-state index contributed by atoms with van der Waals surface area (Å²) in [5.74, 6) is 1.93. The molecular formula is C12H16N4O. The van der Waals surface area contributed by atoms with Crippen LogP contribution in [0.5, 0.6) is 0 Å². The lowest BCUT2D eigenvalue weighted by molar-refractivity contribution is 0.351. The van der Waals surface area contributed by atoms with Crippen LogP contribution in [0.3, 0.4) is 0 Å². The summed E-state index contributed by atoms with van der Waals surface area (Å²) in [6, 6.07) is 1.76. The minimum atomic E-state index is 0.292. The Balaban J connectivity index is 2.11. The molecule has 1 atom stereocenters. The van der Waals surface area contributed by atoms with Crippen molar-refractivity contribution >= 4 is 0 Å². The molecule has 2 rings (SSSR count). The Morgan fingerprint density at radius 1 is 1.24 bits per heavy atom. The van der Waals surface area contributed by atoms with Gasteiger partial charge in [0.15, 0.2) is 0 Å². The van der Waals surface area contributed by atoms with Gasteiger partial charge in [-0.15, -0.1) is 0 Å². The molecule has 0 saturated carbocycles. The van der Waals surface area contributed by atoms with Gasteiger partial charge in [-0.05, 0) is 12.5 Å². The van der Waals surface area contributed by atoms with Crippen LogP contribution in [0.1, 0.15) is 44.9 Å². The summed E-state index contributed by atoms with van der Waals surface area (Å²) in [7, 11) is 0. The monoisotopic (exact) mass is 232 g/mol. The van der Waals surface area contributed by atoms with Gasteiger partial charge < -0.3 is 4.52 Å². The summed E-state index contributed by atoms with van der Waals surface area (Å²) in [6.45, 7) is 4.27. The first kappa shape index (κ1) is 11.7. The standard InChI is InChI=1S/C12H16N4O/c1-3-4-6-9(2)12-15-11(16-17-12)10-13-7-5-8-14-10/h5,7-9H,3-4,6H2,1-2H3. The summed E-state index contributed by atoms with van der Waals surface area (Å²) in [5.41, 5.74) is 0. The van der Waals surface area contributed by atoms with E-state index < -0.39 is 0 Å². The molecule has 0 amide bonds. The second-order valence-electron chi connectivity index (χ2n) is 4.07. The lowest BCUT2D eigenvalue weighted by atomic mass is 10.0. The maximum absolute atomic E-state index is 5.24.